The molecule has 0 heterocycles. The molecule has 0 aromatic heterocycles. The lowest BCUT2D eigenvalue weighted by Gasteiger charge is -2.23. The topological polar surface area (TPSA) is 35.5 Å². The van der Waals surface area contributed by atoms with Crippen molar-refractivity contribution < 1.29 is 14.6 Å². The van der Waals surface area contributed by atoms with Gasteiger partial charge in [0.05, 0.1) is 12.2 Å². The summed E-state index contributed by atoms with van der Waals surface area (Å²) in [5.41, 5.74) is 4.45. The number of benzene rings is 1. The minimum absolute atomic E-state index is 0.0859. The molecular weight excluding hydrogens is 256 g/mol. The van der Waals surface area contributed by atoms with Crippen LogP contribution in [0.25, 0.3) is 0 Å². The number of carbonyl (C=O) groups excluding carboxylic acids is 1. The van der Waals surface area contributed by atoms with Crippen LogP contribution >= 0.6 is 0 Å². The highest BCUT2D eigenvalue weighted by Crippen LogP contribution is 2.13. The van der Waals surface area contributed by atoms with Crippen LogP contribution in [0.3, 0.4) is 0 Å². The van der Waals surface area contributed by atoms with Crippen molar-refractivity contribution in [3.63, 3.8) is 0 Å². The summed E-state index contributed by atoms with van der Waals surface area (Å²) in [7, 11) is -1.84. The van der Waals surface area contributed by atoms with E-state index >= 15 is 0 Å². The van der Waals surface area contributed by atoms with E-state index in [1.54, 1.807) is 12.1 Å². The van der Waals surface area contributed by atoms with Crippen molar-refractivity contribution >= 4 is 19.2 Å². The fourth-order valence-corrected chi connectivity index (χ4v) is 4.28. The fourth-order valence-electron chi connectivity index (χ4n) is 1.87. The molecule has 1 rings (SSSR count). The minimum atomic E-state index is -1.84. The summed E-state index contributed by atoms with van der Waals surface area (Å²) >= 11 is 0. The monoisotopic (exact) mass is 275 g/mol. The molecule has 0 aliphatic rings. The summed E-state index contributed by atoms with van der Waals surface area (Å²) in [6.45, 7) is 13.5. The molecule has 0 bridgehead atoms. The summed E-state index contributed by atoms with van der Waals surface area (Å²) in [6, 6.07) is 8.32. The summed E-state index contributed by atoms with van der Waals surface area (Å²) < 4.78 is 0. The molecule has 0 N–H and O–H groups in total. The molecule has 0 amide bonds. The highest BCUT2D eigenvalue weighted by atomic mass is 28.3. The predicted octanol–water partition coefficient (Wildman–Crippen LogP) is 2.74. The number of hydrogen-bond acceptors (Lipinski definition) is 3. The number of carbonyl (C=O) groups is 1. The predicted molar refractivity (Wildman–Crippen MR) is 79.4 cm³/mol. The molecule has 0 unspecified atom stereocenters. The van der Waals surface area contributed by atoms with Crippen LogP contribution in [0, 0.1) is 6.92 Å². The molecule has 1 aromatic carbocycles. The lowest BCUT2D eigenvalue weighted by Crippen LogP contribution is -2.43. The van der Waals surface area contributed by atoms with E-state index in [1.165, 1.54) is 5.19 Å². The van der Waals surface area contributed by atoms with Gasteiger partial charge in [0.1, 0.15) is 8.07 Å². The SMILES string of the molecule is [CH2]COOC(=O)c1ccc([Si](C=C)(C=C)CC)cc1. The average molecular weight is 275 g/mol. The lowest BCUT2D eigenvalue weighted by molar-refractivity contribution is -0.232. The van der Waals surface area contributed by atoms with Crippen LogP contribution in [0.15, 0.2) is 48.8 Å². The van der Waals surface area contributed by atoms with Crippen molar-refractivity contribution in [2.75, 3.05) is 6.61 Å². The summed E-state index contributed by atoms with van der Waals surface area (Å²) in [5.74, 6) is -0.517. The van der Waals surface area contributed by atoms with Crippen LogP contribution in [0.4, 0.5) is 0 Å². The number of hydrogen-bond donors (Lipinski definition) is 0. The molecular formula is C15H19O3Si. The molecule has 0 atom stereocenters. The van der Waals surface area contributed by atoms with Gasteiger partial charge in [-0.15, -0.1) is 13.2 Å². The largest absolute Gasteiger partial charge is 0.373 e. The molecule has 3 nitrogen and oxygen atoms in total. The van der Waals surface area contributed by atoms with Crippen molar-refractivity contribution in [1.82, 2.24) is 0 Å². The second-order valence-corrected chi connectivity index (χ2v) is 8.25. The zero-order chi connectivity index (χ0) is 14.3. The van der Waals surface area contributed by atoms with Crippen molar-refractivity contribution in [3.8, 4) is 0 Å². The first-order chi connectivity index (χ1) is 9.13. The van der Waals surface area contributed by atoms with Crippen molar-refractivity contribution in [2.45, 2.75) is 13.0 Å². The molecule has 4 heteroatoms. The molecule has 0 aliphatic heterocycles. The maximum Gasteiger partial charge on any atom is 0.373 e. The molecule has 0 spiro atoms. The van der Waals surface area contributed by atoms with Crippen LogP contribution in [-0.2, 0) is 9.78 Å². The van der Waals surface area contributed by atoms with Gasteiger partial charge in [-0.05, 0) is 25.1 Å². The Hall–Kier alpha value is -1.65. The Balaban J connectivity index is 2.95. The maximum absolute atomic E-state index is 11.6. The second-order valence-electron chi connectivity index (χ2n) is 4.07. The summed E-state index contributed by atoms with van der Waals surface area (Å²) in [6.07, 6.45) is 0. The second kappa shape index (κ2) is 7.06. The molecule has 1 radical (unpaired) electrons. The molecule has 0 fully saturated rings. The van der Waals surface area contributed by atoms with Gasteiger partial charge in [-0.1, -0.05) is 35.6 Å². The van der Waals surface area contributed by atoms with Crippen LogP contribution < -0.4 is 5.19 Å². The standard InChI is InChI=1S/C15H19O3Si/c1-5-17-18-15(16)13-9-11-14(12-10-13)19(6-2,7-3)8-4/h6-7,9-12H,1-3,5,8H2,4H3. The van der Waals surface area contributed by atoms with E-state index < -0.39 is 14.0 Å². The van der Waals surface area contributed by atoms with E-state index in [0.717, 1.165) is 6.04 Å². The van der Waals surface area contributed by atoms with Gasteiger partial charge in [-0.2, -0.15) is 4.89 Å². The Kier molecular flexibility index (Phi) is 5.73. The van der Waals surface area contributed by atoms with Gasteiger partial charge in [0.2, 0.25) is 0 Å². The Morgan fingerprint density at radius 1 is 1.26 bits per heavy atom. The highest BCUT2D eigenvalue weighted by Gasteiger charge is 2.26. The Morgan fingerprint density at radius 3 is 2.26 bits per heavy atom. The van der Waals surface area contributed by atoms with E-state index in [2.05, 4.69) is 36.8 Å². The molecule has 19 heavy (non-hydrogen) atoms. The third-order valence-electron chi connectivity index (χ3n) is 3.19. The normalized spacial score (nSPS) is 10.8. The van der Waals surface area contributed by atoms with Crippen LogP contribution in [0.5, 0.6) is 0 Å². The summed E-state index contributed by atoms with van der Waals surface area (Å²) in [5, 5.41) is 1.18. The van der Waals surface area contributed by atoms with Crippen molar-refractivity contribution in [2.24, 2.45) is 0 Å². The van der Waals surface area contributed by atoms with Crippen molar-refractivity contribution in [1.29, 1.82) is 0 Å². The first kappa shape index (κ1) is 15.4. The Morgan fingerprint density at radius 2 is 1.84 bits per heavy atom. The van der Waals surface area contributed by atoms with Gasteiger partial charge in [0, 0.05) is 0 Å². The van der Waals surface area contributed by atoms with E-state index in [9.17, 15) is 4.79 Å². The van der Waals surface area contributed by atoms with Gasteiger partial charge >= 0.3 is 5.97 Å². The Bertz CT molecular complexity index is 443. The van der Waals surface area contributed by atoms with E-state index in [1.807, 2.05) is 23.5 Å². The van der Waals surface area contributed by atoms with Gasteiger partial charge in [0.15, 0.2) is 0 Å². The average Bonchev–Trinajstić information content (AvgIpc) is 2.48. The lowest BCUT2D eigenvalue weighted by atomic mass is 10.2. The van der Waals surface area contributed by atoms with Crippen LogP contribution in [-0.4, -0.2) is 20.7 Å². The molecule has 0 aliphatic carbocycles. The van der Waals surface area contributed by atoms with Gasteiger partial charge in [0.25, 0.3) is 0 Å². The van der Waals surface area contributed by atoms with Crippen LogP contribution in [0.2, 0.25) is 6.04 Å². The van der Waals surface area contributed by atoms with Crippen molar-refractivity contribution in [3.05, 3.63) is 61.3 Å². The molecule has 1 aromatic rings. The third kappa shape index (κ3) is 3.42. The van der Waals surface area contributed by atoms with Crippen LogP contribution in [0.1, 0.15) is 17.3 Å². The number of rotatable bonds is 7. The van der Waals surface area contributed by atoms with E-state index in [0.29, 0.717) is 5.56 Å². The quantitative estimate of drug-likeness (QED) is 0.436. The first-order valence-corrected chi connectivity index (χ1v) is 8.50. The smallest absolute Gasteiger partial charge is 0.293 e. The Labute approximate surface area is 115 Å². The first-order valence-electron chi connectivity index (χ1n) is 6.14. The zero-order valence-corrected chi connectivity index (χ0v) is 12.2. The van der Waals surface area contributed by atoms with Gasteiger partial charge < -0.3 is 0 Å². The molecule has 0 saturated heterocycles. The fraction of sp³-hybridized carbons (Fsp3) is 0.200. The third-order valence-corrected chi connectivity index (χ3v) is 7.22. The molecule has 0 saturated carbocycles. The van der Waals surface area contributed by atoms with E-state index in [-0.39, 0.29) is 6.61 Å². The summed E-state index contributed by atoms with van der Waals surface area (Å²) in [4.78, 5) is 20.6. The zero-order valence-electron chi connectivity index (χ0n) is 11.2. The minimum Gasteiger partial charge on any atom is -0.293 e. The van der Waals surface area contributed by atoms with Gasteiger partial charge in [-0.25, -0.2) is 4.79 Å². The highest BCUT2D eigenvalue weighted by molar-refractivity contribution is 6.99. The van der Waals surface area contributed by atoms with E-state index in [4.69, 9.17) is 0 Å². The maximum atomic E-state index is 11.6. The van der Waals surface area contributed by atoms with Gasteiger partial charge in [-0.3, -0.25) is 4.89 Å². The molecule has 101 valence electrons.